The fraction of sp³-hybridized carbons (Fsp3) is 0.458. The van der Waals surface area contributed by atoms with Gasteiger partial charge >= 0.3 is 0 Å². The number of carbonyl (C=O) groups excluding carboxylic acids is 2. The summed E-state index contributed by atoms with van der Waals surface area (Å²) in [6.45, 7) is 0. The molecule has 4 fully saturated rings. The van der Waals surface area contributed by atoms with E-state index in [9.17, 15) is 9.59 Å². The molecule has 1 aromatic heterocycles. The van der Waals surface area contributed by atoms with Crippen molar-refractivity contribution in [1.82, 2.24) is 15.8 Å². The number of hydrazine groups is 1. The quantitative estimate of drug-likeness (QED) is 0.761. The summed E-state index contributed by atoms with van der Waals surface area (Å²) in [5.41, 5.74) is 7.18. The van der Waals surface area contributed by atoms with Crippen molar-refractivity contribution in [3.8, 4) is 5.75 Å². The first-order chi connectivity index (χ1) is 14.5. The Hall–Kier alpha value is -2.89. The van der Waals surface area contributed by atoms with E-state index in [1.54, 1.807) is 43.6 Å². The number of rotatable bonds is 4. The predicted molar refractivity (Wildman–Crippen MR) is 112 cm³/mol. The van der Waals surface area contributed by atoms with E-state index in [0.717, 1.165) is 23.4 Å². The summed E-state index contributed by atoms with van der Waals surface area (Å²) in [5.74, 6) is 2.43. The van der Waals surface area contributed by atoms with Gasteiger partial charge in [0.2, 0.25) is 0 Å². The van der Waals surface area contributed by atoms with E-state index in [0.29, 0.717) is 16.9 Å². The van der Waals surface area contributed by atoms with E-state index in [4.69, 9.17) is 9.72 Å². The highest BCUT2D eigenvalue weighted by Crippen LogP contribution is 2.60. The summed E-state index contributed by atoms with van der Waals surface area (Å²) >= 11 is 0. The van der Waals surface area contributed by atoms with Gasteiger partial charge in [-0.25, -0.2) is 0 Å². The van der Waals surface area contributed by atoms with Crippen molar-refractivity contribution in [3.63, 3.8) is 0 Å². The van der Waals surface area contributed by atoms with E-state index in [2.05, 4.69) is 10.9 Å². The lowest BCUT2D eigenvalue weighted by Crippen LogP contribution is -2.49. The first-order valence-corrected chi connectivity index (χ1v) is 10.8. The molecule has 6 rings (SSSR count). The second kappa shape index (κ2) is 7.42. The van der Waals surface area contributed by atoms with Crippen molar-refractivity contribution in [2.24, 2.45) is 17.8 Å². The molecule has 6 heteroatoms. The lowest BCUT2D eigenvalue weighted by Gasteiger charge is -2.56. The molecule has 156 valence electrons. The lowest BCUT2D eigenvalue weighted by atomic mass is 9.48. The molecule has 0 aliphatic heterocycles. The highest BCUT2D eigenvalue weighted by molar-refractivity contribution is 5.99. The van der Waals surface area contributed by atoms with E-state index in [1.807, 2.05) is 6.07 Å². The van der Waals surface area contributed by atoms with Crippen LogP contribution in [0, 0.1) is 17.8 Å². The third-order valence-corrected chi connectivity index (χ3v) is 7.25. The molecule has 2 N–H and O–H groups in total. The Morgan fingerprint density at radius 2 is 1.47 bits per heavy atom. The molecule has 4 aliphatic rings. The average molecular weight is 405 g/mol. The minimum Gasteiger partial charge on any atom is -0.497 e. The van der Waals surface area contributed by atoms with Gasteiger partial charge in [0.05, 0.1) is 7.11 Å². The summed E-state index contributed by atoms with van der Waals surface area (Å²) in [5, 5.41) is 0. The molecule has 2 aromatic rings. The number of hydrogen-bond acceptors (Lipinski definition) is 4. The molecule has 4 saturated carbocycles. The van der Waals surface area contributed by atoms with Crippen LogP contribution in [0.25, 0.3) is 0 Å². The molecule has 6 nitrogen and oxygen atoms in total. The zero-order valence-corrected chi connectivity index (χ0v) is 17.2. The number of pyridine rings is 1. The van der Waals surface area contributed by atoms with Gasteiger partial charge in [0, 0.05) is 28.4 Å². The van der Waals surface area contributed by atoms with Gasteiger partial charge in [-0.3, -0.25) is 25.4 Å². The Bertz CT molecular complexity index is 935. The standard InChI is InChI=1S/C24H27N3O3/c1-30-20-4-2-18(3-5-20)22(28)26-27-23(29)19-6-7-25-21(11-19)24-12-15-8-16(13-24)10-17(9-15)14-24/h2-7,11,15-17H,8-10,12-14H2,1H3,(H,26,28)(H,27,29). The van der Waals surface area contributed by atoms with Crippen LogP contribution in [0.3, 0.4) is 0 Å². The zero-order valence-electron chi connectivity index (χ0n) is 17.2. The van der Waals surface area contributed by atoms with Gasteiger partial charge in [-0.05, 0) is 92.7 Å². The topological polar surface area (TPSA) is 80.3 Å². The number of nitrogens with one attached hydrogen (secondary N) is 2. The maximum Gasteiger partial charge on any atom is 0.269 e. The van der Waals surface area contributed by atoms with Crippen LogP contribution in [0.15, 0.2) is 42.6 Å². The molecule has 4 bridgehead atoms. The van der Waals surface area contributed by atoms with Crippen molar-refractivity contribution in [3.05, 3.63) is 59.4 Å². The number of hydrogen-bond donors (Lipinski definition) is 2. The first-order valence-electron chi connectivity index (χ1n) is 10.8. The number of benzene rings is 1. The van der Waals surface area contributed by atoms with Gasteiger partial charge in [-0.15, -0.1) is 0 Å². The van der Waals surface area contributed by atoms with Gasteiger partial charge in [0.1, 0.15) is 5.75 Å². The minimum absolute atomic E-state index is 0.136. The molecule has 0 unspecified atom stereocenters. The average Bonchev–Trinajstić information content (AvgIpc) is 2.76. The minimum atomic E-state index is -0.374. The fourth-order valence-corrected chi connectivity index (χ4v) is 6.29. The van der Waals surface area contributed by atoms with Crippen molar-refractivity contribution in [2.45, 2.75) is 43.9 Å². The molecule has 30 heavy (non-hydrogen) atoms. The smallest absolute Gasteiger partial charge is 0.269 e. The van der Waals surface area contributed by atoms with Gasteiger partial charge in [0.25, 0.3) is 11.8 Å². The second-order valence-electron chi connectivity index (χ2n) is 9.26. The second-order valence-corrected chi connectivity index (χ2v) is 9.26. The number of methoxy groups -OCH3 is 1. The highest BCUT2D eigenvalue weighted by Gasteiger charge is 2.52. The van der Waals surface area contributed by atoms with Gasteiger partial charge < -0.3 is 4.74 Å². The number of amides is 2. The zero-order chi connectivity index (χ0) is 20.7. The van der Waals surface area contributed by atoms with Crippen molar-refractivity contribution >= 4 is 11.8 Å². The first kappa shape index (κ1) is 19.1. The third kappa shape index (κ3) is 3.44. The number of ether oxygens (including phenoxy) is 1. The Kier molecular flexibility index (Phi) is 4.72. The van der Waals surface area contributed by atoms with Crippen molar-refractivity contribution in [2.75, 3.05) is 7.11 Å². The molecule has 2 amide bonds. The van der Waals surface area contributed by atoms with E-state index in [1.165, 1.54) is 38.5 Å². The van der Waals surface area contributed by atoms with Crippen LogP contribution in [0.4, 0.5) is 0 Å². The maximum atomic E-state index is 12.7. The molecule has 1 heterocycles. The fourth-order valence-electron chi connectivity index (χ4n) is 6.29. The van der Waals surface area contributed by atoms with Crippen LogP contribution in [0.2, 0.25) is 0 Å². The summed E-state index contributed by atoms with van der Waals surface area (Å²) < 4.78 is 5.10. The molecule has 0 atom stereocenters. The van der Waals surface area contributed by atoms with E-state index in [-0.39, 0.29) is 17.2 Å². The highest BCUT2D eigenvalue weighted by atomic mass is 16.5. The molecular weight excluding hydrogens is 378 g/mol. The Morgan fingerprint density at radius 3 is 2.03 bits per heavy atom. The van der Waals surface area contributed by atoms with Crippen molar-refractivity contribution in [1.29, 1.82) is 0 Å². The van der Waals surface area contributed by atoms with Crippen LogP contribution < -0.4 is 15.6 Å². The largest absolute Gasteiger partial charge is 0.497 e. The number of nitrogens with zero attached hydrogens (tertiary/aromatic N) is 1. The number of aromatic nitrogens is 1. The van der Waals surface area contributed by atoms with Crippen molar-refractivity contribution < 1.29 is 14.3 Å². The van der Waals surface area contributed by atoms with Crippen LogP contribution in [-0.4, -0.2) is 23.9 Å². The summed E-state index contributed by atoms with van der Waals surface area (Å²) in [7, 11) is 1.57. The van der Waals surface area contributed by atoms with Gasteiger partial charge in [-0.2, -0.15) is 0 Å². The monoisotopic (exact) mass is 405 g/mol. The Balaban J connectivity index is 1.27. The molecule has 0 spiro atoms. The molecule has 0 saturated heterocycles. The summed E-state index contributed by atoms with van der Waals surface area (Å²) in [6, 6.07) is 10.4. The van der Waals surface area contributed by atoms with Gasteiger partial charge in [0.15, 0.2) is 0 Å². The van der Waals surface area contributed by atoms with E-state index >= 15 is 0 Å². The molecule has 4 aliphatic carbocycles. The predicted octanol–water partition coefficient (Wildman–Crippen LogP) is 3.63. The molecule has 1 aromatic carbocycles. The summed E-state index contributed by atoms with van der Waals surface area (Å²) in [4.78, 5) is 29.7. The Labute approximate surface area is 176 Å². The SMILES string of the molecule is COc1ccc(C(=O)NNC(=O)c2ccnc(C34CC5CC(CC(C5)C3)C4)c2)cc1. The van der Waals surface area contributed by atoms with Crippen LogP contribution in [0.5, 0.6) is 5.75 Å². The Morgan fingerprint density at radius 1 is 0.900 bits per heavy atom. The maximum absolute atomic E-state index is 12.7. The van der Waals surface area contributed by atoms with E-state index < -0.39 is 0 Å². The van der Waals surface area contributed by atoms with Crippen LogP contribution in [-0.2, 0) is 5.41 Å². The normalized spacial score (nSPS) is 28.8. The third-order valence-electron chi connectivity index (χ3n) is 7.25. The van der Waals surface area contributed by atoms with Crippen LogP contribution >= 0.6 is 0 Å². The van der Waals surface area contributed by atoms with Gasteiger partial charge in [-0.1, -0.05) is 0 Å². The molecular formula is C24H27N3O3. The lowest BCUT2D eigenvalue weighted by molar-refractivity contribution is -0.00722. The molecule has 0 radical (unpaired) electrons. The number of carbonyl (C=O) groups is 2. The summed E-state index contributed by atoms with van der Waals surface area (Å²) in [6.07, 6.45) is 9.44. The van der Waals surface area contributed by atoms with Crippen LogP contribution in [0.1, 0.15) is 64.9 Å².